The van der Waals surface area contributed by atoms with Gasteiger partial charge in [-0.3, -0.25) is 4.79 Å². The van der Waals surface area contributed by atoms with Crippen molar-refractivity contribution >= 4 is 18.2 Å². The fraction of sp³-hybridized carbons (Fsp3) is 0.500. The molecule has 2 N–H and O–H groups in total. The predicted molar refractivity (Wildman–Crippen MR) is 76.7 cm³/mol. The van der Waals surface area contributed by atoms with E-state index >= 15 is 0 Å². The maximum atomic E-state index is 12.0. The second-order valence-corrected chi connectivity index (χ2v) is 4.33. The summed E-state index contributed by atoms with van der Waals surface area (Å²) in [5.41, 5.74) is 7.48. The Balaban J connectivity index is 0.00000180. The zero-order chi connectivity index (χ0) is 13.1. The van der Waals surface area contributed by atoms with Crippen molar-refractivity contribution in [2.24, 2.45) is 5.73 Å². The van der Waals surface area contributed by atoms with E-state index in [9.17, 15) is 4.79 Å². The van der Waals surface area contributed by atoms with Gasteiger partial charge in [0.05, 0.1) is 19.3 Å². The van der Waals surface area contributed by atoms with Crippen LogP contribution in [0, 0.1) is 0 Å². The van der Waals surface area contributed by atoms with Crippen LogP contribution in [0.4, 0.5) is 0 Å². The van der Waals surface area contributed by atoms with E-state index in [0.29, 0.717) is 36.7 Å². The van der Waals surface area contributed by atoms with Crippen LogP contribution in [-0.4, -0.2) is 25.0 Å². The van der Waals surface area contributed by atoms with Gasteiger partial charge < -0.3 is 15.2 Å². The second kappa shape index (κ2) is 6.78. The predicted octanol–water partition coefficient (Wildman–Crippen LogP) is 2.36. The van der Waals surface area contributed by atoms with Crippen LogP contribution < -0.4 is 15.2 Å². The Morgan fingerprint density at radius 2 is 1.79 bits per heavy atom. The molecule has 0 saturated carbocycles. The number of halogens is 1. The highest BCUT2D eigenvalue weighted by Gasteiger charge is 2.26. The monoisotopic (exact) mass is 285 g/mol. The Labute approximate surface area is 119 Å². The summed E-state index contributed by atoms with van der Waals surface area (Å²) in [6, 6.07) is 3.30. The molecule has 0 aliphatic heterocycles. The lowest BCUT2D eigenvalue weighted by Gasteiger charge is -2.22. The van der Waals surface area contributed by atoms with Crippen LogP contribution in [0.1, 0.15) is 36.2 Å². The number of aryl methyl sites for hydroxylation is 1. The summed E-state index contributed by atoms with van der Waals surface area (Å²) in [6.07, 6.45) is 1.51. The lowest BCUT2D eigenvalue weighted by molar-refractivity contribution is 0.0948. The van der Waals surface area contributed by atoms with Gasteiger partial charge in [0, 0.05) is 5.56 Å². The van der Waals surface area contributed by atoms with Gasteiger partial charge in [-0.15, -0.1) is 12.4 Å². The molecule has 0 heterocycles. The topological polar surface area (TPSA) is 61.5 Å². The zero-order valence-corrected chi connectivity index (χ0v) is 12.1. The van der Waals surface area contributed by atoms with E-state index in [2.05, 4.69) is 0 Å². The largest absolute Gasteiger partial charge is 0.490 e. The number of nitrogens with two attached hydrogens (primary N) is 1. The summed E-state index contributed by atoms with van der Waals surface area (Å²) in [4.78, 5) is 12.0. The van der Waals surface area contributed by atoms with Crippen molar-refractivity contribution in [3.63, 3.8) is 0 Å². The minimum absolute atomic E-state index is 0. The maximum absolute atomic E-state index is 12.0. The summed E-state index contributed by atoms with van der Waals surface area (Å²) >= 11 is 0. The highest BCUT2D eigenvalue weighted by Crippen LogP contribution is 2.34. The van der Waals surface area contributed by atoms with Gasteiger partial charge in [0.1, 0.15) is 0 Å². The summed E-state index contributed by atoms with van der Waals surface area (Å²) in [7, 11) is 0. The van der Waals surface area contributed by atoms with E-state index in [1.807, 2.05) is 19.9 Å². The van der Waals surface area contributed by atoms with Gasteiger partial charge in [-0.2, -0.15) is 0 Å². The van der Waals surface area contributed by atoms with Crippen molar-refractivity contribution in [3.05, 3.63) is 23.3 Å². The molecule has 2 rings (SSSR count). The molecule has 0 amide bonds. The SMILES string of the molecule is CCOc1cc2c(cc1OCC)C(=O)C(N)CC2.Cl. The standard InChI is InChI=1S/C14H19NO3.ClH/c1-3-17-12-7-9-5-6-11(15)14(16)10(9)8-13(12)18-4-2;/h7-8,11H,3-6,15H2,1-2H3;1H. The second-order valence-electron chi connectivity index (χ2n) is 4.33. The number of Topliss-reactive ketones (excluding diaryl/α,β-unsaturated/α-hetero) is 1. The molecule has 1 unspecified atom stereocenters. The number of hydrogen-bond acceptors (Lipinski definition) is 4. The highest BCUT2D eigenvalue weighted by molar-refractivity contribution is 6.02. The maximum Gasteiger partial charge on any atom is 0.179 e. The number of carbonyl (C=O) groups excluding carboxylic acids is 1. The Morgan fingerprint density at radius 3 is 2.37 bits per heavy atom. The van der Waals surface area contributed by atoms with Crippen molar-refractivity contribution < 1.29 is 14.3 Å². The third-order valence-electron chi connectivity index (χ3n) is 3.10. The quantitative estimate of drug-likeness (QED) is 0.922. The van der Waals surface area contributed by atoms with E-state index in [0.717, 1.165) is 12.0 Å². The first-order chi connectivity index (χ1) is 8.67. The molecule has 0 saturated heterocycles. The van der Waals surface area contributed by atoms with Gasteiger partial charge in [0.25, 0.3) is 0 Å². The molecule has 4 nitrogen and oxygen atoms in total. The molecule has 0 fully saturated rings. The van der Waals surface area contributed by atoms with E-state index in [1.165, 1.54) is 0 Å². The molecule has 0 aromatic heterocycles. The van der Waals surface area contributed by atoms with Crippen molar-refractivity contribution in [2.45, 2.75) is 32.7 Å². The normalized spacial score (nSPS) is 17.4. The van der Waals surface area contributed by atoms with E-state index < -0.39 is 0 Å². The van der Waals surface area contributed by atoms with Crippen LogP contribution in [0.3, 0.4) is 0 Å². The lowest BCUT2D eigenvalue weighted by atomic mass is 9.87. The third kappa shape index (κ3) is 3.19. The van der Waals surface area contributed by atoms with Crippen LogP contribution in [0.2, 0.25) is 0 Å². The Morgan fingerprint density at radius 1 is 1.21 bits per heavy atom. The fourth-order valence-corrected chi connectivity index (χ4v) is 2.22. The summed E-state index contributed by atoms with van der Waals surface area (Å²) in [6.45, 7) is 4.95. The first-order valence-corrected chi connectivity index (χ1v) is 6.39. The van der Waals surface area contributed by atoms with Crippen molar-refractivity contribution in [2.75, 3.05) is 13.2 Å². The van der Waals surface area contributed by atoms with Crippen LogP contribution in [0.25, 0.3) is 0 Å². The van der Waals surface area contributed by atoms with Gasteiger partial charge in [0.2, 0.25) is 0 Å². The molecule has 1 aliphatic rings. The van der Waals surface area contributed by atoms with E-state index in [4.69, 9.17) is 15.2 Å². The summed E-state index contributed by atoms with van der Waals surface area (Å²) in [5, 5.41) is 0. The number of ketones is 1. The molecule has 1 aromatic rings. The van der Waals surface area contributed by atoms with Crippen LogP contribution in [0.5, 0.6) is 11.5 Å². The Kier molecular flexibility index (Phi) is 5.63. The van der Waals surface area contributed by atoms with Gasteiger partial charge in [-0.1, -0.05) is 0 Å². The molecular weight excluding hydrogens is 266 g/mol. The summed E-state index contributed by atoms with van der Waals surface area (Å²) in [5.74, 6) is 1.34. The fourth-order valence-electron chi connectivity index (χ4n) is 2.22. The highest BCUT2D eigenvalue weighted by atomic mass is 35.5. The average molecular weight is 286 g/mol. The van der Waals surface area contributed by atoms with E-state index in [-0.39, 0.29) is 24.2 Å². The molecule has 1 aliphatic carbocycles. The number of benzene rings is 1. The van der Waals surface area contributed by atoms with E-state index in [1.54, 1.807) is 6.07 Å². The molecule has 106 valence electrons. The molecular formula is C14H20ClNO3. The number of carbonyl (C=O) groups is 1. The van der Waals surface area contributed by atoms with Crippen molar-refractivity contribution in [3.8, 4) is 11.5 Å². The molecule has 0 spiro atoms. The average Bonchev–Trinajstić information content (AvgIpc) is 2.36. The first-order valence-electron chi connectivity index (χ1n) is 6.39. The molecule has 1 atom stereocenters. The first kappa shape index (κ1) is 15.8. The smallest absolute Gasteiger partial charge is 0.179 e. The number of fused-ring (bicyclic) bond motifs is 1. The van der Waals surface area contributed by atoms with Gasteiger partial charge >= 0.3 is 0 Å². The molecule has 5 heteroatoms. The molecule has 0 radical (unpaired) electrons. The van der Waals surface area contributed by atoms with Crippen molar-refractivity contribution in [1.82, 2.24) is 0 Å². The van der Waals surface area contributed by atoms with Crippen LogP contribution in [0.15, 0.2) is 12.1 Å². The van der Waals surface area contributed by atoms with Crippen molar-refractivity contribution in [1.29, 1.82) is 0 Å². The zero-order valence-electron chi connectivity index (χ0n) is 11.3. The molecule has 1 aromatic carbocycles. The Hall–Kier alpha value is -1.26. The number of ether oxygens (including phenoxy) is 2. The van der Waals surface area contributed by atoms with Crippen LogP contribution in [-0.2, 0) is 6.42 Å². The summed E-state index contributed by atoms with van der Waals surface area (Å²) < 4.78 is 11.1. The molecule has 0 bridgehead atoms. The lowest BCUT2D eigenvalue weighted by Crippen LogP contribution is -2.35. The van der Waals surface area contributed by atoms with Gasteiger partial charge in [0.15, 0.2) is 17.3 Å². The minimum Gasteiger partial charge on any atom is -0.490 e. The Bertz CT molecular complexity index is 462. The number of hydrogen-bond donors (Lipinski definition) is 1. The minimum atomic E-state index is -0.384. The van der Waals surface area contributed by atoms with Gasteiger partial charge in [-0.25, -0.2) is 0 Å². The number of rotatable bonds is 4. The van der Waals surface area contributed by atoms with Crippen LogP contribution >= 0.6 is 12.4 Å². The molecule has 19 heavy (non-hydrogen) atoms. The van der Waals surface area contributed by atoms with Gasteiger partial charge in [-0.05, 0) is 44.4 Å². The third-order valence-corrected chi connectivity index (χ3v) is 3.10.